The highest BCUT2D eigenvalue weighted by molar-refractivity contribution is 7.90. The molecule has 1 aliphatic rings. The second kappa shape index (κ2) is 12.3. The number of aryl methyl sites for hydroxylation is 2. The number of nitrogens with one attached hydrogen (secondary N) is 2. The van der Waals surface area contributed by atoms with Gasteiger partial charge in [0.15, 0.2) is 9.84 Å². The van der Waals surface area contributed by atoms with Crippen LogP contribution < -0.4 is 15.4 Å². The quantitative estimate of drug-likeness (QED) is 0.250. The van der Waals surface area contributed by atoms with E-state index < -0.39 is 9.84 Å². The van der Waals surface area contributed by atoms with Crippen molar-refractivity contribution in [3.63, 3.8) is 0 Å². The average molecular weight is 560 g/mol. The maximum absolute atomic E-state index is 12.6. The van der Waals surface area contributed by atoms with Crippen molar-refractivity contribution in [2.75, 3.05) is 24.2 Å². The van der Waals surface area contributed by atoms with Crippen LogP contribution in [0.2, 0.25) is 0 Å². The molecule has 4 aromatic rings. The molecular formula is C31H37N5O3S. The van der Waals surface area contributed by atoms with Gasteiger partial charge in [-0.2, -0.15) is 0 Å². The van der Waals surface area contributed by atoms with Crippen LogP contribution in [0.15, 0.2) is 54.9 Å². The van der Waals surface area contributed by atoms with Gasteiger partial charge in [-0.15, -0.1) is 0 Å². The summed E-state index contributed by atoms with van der Waals surface area (Å²) in [7, 11) is -3.20. The van der Waals surface area contributed by atoms with E-state index in [0.717, 1.165) is 71.1 Å². The van der Waals surface area contributed by atoms with Crippen LogP contribution in [0, 0.1) is 6.92 Å². The monoisotopic (exact) mass is 559 g/mol. The fourth-order valence-corrected chi connectivity index (χ4v) is 6.66. The van der Waals surface area contributed by atoms with E-state index in [1.807, 2.05) is 56.4 Å². The summed E-state index contributed by atoms with van der Waals surface area (Å²) in [5, 5.41) is 8.59. The minimum absolute atomic E-state index is 0.00258. The van der Waals surface area contributed by atoms with Crippen molar-refractivity contribution in [1.29, 1.82) is 0 Å². The van der Waals surface area contributed by atoms with Crippen molar-refractivity contribution < 1.29 is 13.2 Å². The highest BCUT2D eigenvalue weighted by Crippen LogP contribution is 2.38. The van der Waals surface area contributed by atoms with Gasteiger partial charge in [-0.25, -0.2) is 23.4 Å². The van der Waals surface area contributed by atoms with Gasteiger partial charge in [-0.3, -0.25) is 0 Å². The molecule has 1 fully saturated rings. The van der Waals surface area contributed by atoms with E-state index in [0.29, 0.717) is 24.0 Å². The Morgan fingerprint density at radius 3 is 2.75 bits per heavy atom. The average Bonchev–Trinajstić information content (AvgIpc) is 2.95. The normalized spacial score (nSPS) is 15.7. The molecule has 0 amide bonds. The smallest absolute Gasteiger partial charge is 0.228 e. The van der Waals surface area contributed by atoms with Gasteiger partial charge in [-0.1, -0.05) is 44.2 Å². The Balaban J connectivity index is 1.53. The molecule has 40 heavy (non-hydrogen) atoms. The molecule has 1 aliphatic heterocycles. The summed E-state index contributed by atoms with van der Waals surface area (Å²) in [6.07, 6.45) is 7.21. The molecule has 0 aliphatic carbocycles. The predicted octanol–water partition coefficient (Wildman–Crippen LogP) is 5.84. The van der Waals surface area contributed by atoms with Gasteiger partial charge in [0.25, 0.3) is 0 Å². The molecule has 5 rings (SSSR count). The van der Waals surface area contributed by atoms with Gasteiger partial charge in [0.05, 0.1) is 22.8 Å². The summed E-state index contributed by atoms with van der Waals surface area (Å²) < 4.78 is 31.9. The molecule has 2 N–H and O–H groups in total. The van der Waals surface area contributed by atoms with E-state index in [2.05, 4.69) is 28.6 Å². The lowest BCUT2D eigenvalue weighted by atomic mass is 10.0. The number of nitrogens with zero attached hydrogens (tertiary/aromatic N) is 3. The van der Waals surface area contributed by atoms with Crippen LogP contribution in [-0.2, 0) is 22.0 Å². The number of ether oxygens (including phenoxy) is 1. The summed E-state index contributed by atoms with van der Waals surface area (Å²) in [6, 6.07) is 13.9. The van der Waals surface area contributed by atoms with Crippen molar-refractivity contribution in [3.05, 3.63) is 71.5 Å². The summed E-state index contributed by atoms with van der Waals surface area (Å²) in [6.45, 7) is 7.89. The first kappa shape index (κ1) is 28.0. The Morgan fingerprint density at radius 1 is 1.10 bits per heavy atom. The number of anilines is 1. The molecule has 1 atom stereocenters. The van der Waals surface area contributed by atoms with Crippen LogP contribution >= 0.6 is 0 Å². The lowest BCUT2D eigenvalue weighted by Crippen LogP contribution is -2.38. The third kappa shape index (κ3) is 6.42. The van der Waals surface area contributed by atoms with Gasteiger partial charge in [0.1, 0.15) is 5.75 Å². The molecule has 1 saturated heterocycles. The number of sulfone groups is 1. The molecule has 2 aromatic heterocycles. The van der Waals surface area contributed by atoms with E-state index in [4.69, 9.17) is 14.7 Å². The number of fused-ring (bicyclic) bond motifs is 1. The zero-order valence-electron chi connectivity index (χ0n) is 23.4. The van der Waals surface area contributed by atoms with Crippen molar-refractivity contribution in [2.24, 2.45) is 0 Å². The molecule has 210 valence electrons. The third-order valence-electron chi connectivity index (χ3n) is 7.27. The zero-order valence-corrected chi connectivity index (χ0v) is 24.2. The fraction of sp³-hybridized carbons (Fsp3) is 0.387. The first-order valence-corrected chi connectivity index (χ1v) is 15.9. The zero-order chi connectivity index (χ0) is 28.1. The Labute approximate surface area is 236 Å². The minimum atomic E-state index is -3.20. The first-order chi connectivity index (χ1) is 19.4. The number of benzene rings is 2. The standard InChI is InChI=1S/C31H37N5O3S/c1-4-16-40(37,38)20-23-8-6-10-26-25(23)12-11-21(3)29(26)39-30-27(17-22(5-2)18-34-30)28-13-15-33-31(36-28)35-24-9-7-14-32-19-24/h6,8,10-13,15,17-18,24,32H,4-5,7,9,14,16,19-20H2,1-3H3,(H,33,35,36)/t24-/m0/s1. The van der Waals surface area contributed by atoms with E-state index in [1.165, 1.54) is 0 Å². The number of aromatic nitrogens is 3. The fourth-order valence-electron chi connectivity index (χ4n) is 5.17. The summed E-state index contributed by atoms with van der Waals surface area (Å²) in [4.78, 5) is 14.0. The summed E-state index contributed by atoms with van der Waals surface area (Å²) in [5.74, 6) is 1.86. The van der Waals surface area contributed by atoms with Gasteiger partial charge in [0, 0.05) is 30.4 Å². The van der Waals surface area contributed by atoms with Crippen LogP contribution in [0.25, 0.3) is 22.0 Å². The Kier molecular flexibility index (Phi) is 8.61. The highest BCUT2D eigenvalue weighted by Gasteiger charge is 2.19. The number of hydrogen-bond donors (Lipinski definition) is 2. The molecule has 0 bridgehead atoms. The number of rotatable bonds is 10. The number of hydrogen-bond acceptors (Lipinski definition) is 8. The second-order valence-electron chi connectivity index (χ2n) is 10.4. The molecule has 8 nitrogen and oxygen atoms in total. The molecule has 3 heterocycles. The van der Waals surface area contributed by atoms with Crippen LogP contribution in [0.4, 0.5) is 5.95 Å². The van der Waals surface area contributed by atoms with Crippen molar-refractivity contribution in [1.82, 2.24) is 20.3 Å². The maximum Gasteiger partial charge on any atom is 0.228 e. The van der Waals surface area contributed by atoms with Gasteiger partial charge >= 0.3 is 0 Å². The minimum Gasteiger partial charge on any atom is -0.437 e. The Bertz CT molecular complexity index is 1600. The molecule has 2 aromatic carbocycles. The SMILES string of the molecule is CCCS(=O)(=O)Cc1cccc2c(Oc3ncc(CC)cc3-c3ccnc(N[C@H]4CCCNC4)n3)c(C)ccc12. The van der Waals surface area contributed by atoms with E-state index in [1.54, 1.807) is 6.20 Å². The van der Waals surface area contributed by atoms with Crippen molar-refractivity contribution >= 4 is 26.6 Å². The van der Waals surface area contributed by atoms with Gasteiger partial charge < -0.3 is 15.4 Å². The summed E-state index contributed by atoms with van der Waals surface area (Å²) in [5.41, 5.74) is 4.29. The Hall–Kier alpha value is -3.56. The molecule has 0 saturated carbocycles. The molecule has 0 unspecified atom stereocenters. The summed E-state index contributed by atoms with van der Waals surface area (Å²) >= 11 is 0. The number of pyridine rings is 1. The molecule has 0 radical (unpaired) electrons. The van der Waals surface area contributed by atoms with E-state index in [-0.39, 0.29) is 17.5 Å². The third-order valence-corrected chi connectivity index (χ3v) is 9.05. The van der Waals surface area contributed by atoms with Crippen LogP contribution in [0.1, 0.15) is 49.8 Å². The molecule has 0 spiro atoms. The van der Waals surface area contributed by atoms with Crippen molar-refractivity contribution in [3.8, 4) is 22.9 Å². The van der Waals surface area contributed by atoms with Crippen LogP contribution in [0.3, 0.4) is 0 Å². The second-order valence-corrected chi connectivity index (χ2v) is 12.6. The lowest BCUT2D eigenvalue weighted by Gasteiger charge is -2.23. The number of piperidine rings is 1. The van der Waals surface area contributed by atoms with Crippen molar-refractivity contribution in [2.45, 2.75) is 58.2 Å². The van der Waals surface area contributed by atoms with Crippen LogP contribution in [-0.4, -0.2) is 48.3 Å². The lowest BCUT2D eigenvalue weighted by molar-refractivity contribution is 0.466. The Morgan fingerprint density at radius 2 is 1.98 bits per heavy atom. The first-order valence-electron chi connectivity index (χ1n) is 14.1. The topological polar surface area (TPSA) is 106 Å². The van der Waals surface area contributed by atoms with E-state index >= 15 is 0 Å². The molecule has 9 heteroatoms. The van der Waals surface area contributed by atoms with E-state index in [9.17, 15) is 8.42 Å². The largest absolute Gasteiger partial charge is 0.437 e. The molecular weight excluding hydrogens is 522 g/mol. The van der Waals surface area contributed by atoms with Crippen LogP contribution in [0.5, 0.6) is 11.6 Å². The maximum atomic E-state index is 12.6. The highest BCUT2D eigenvalue weighted by atomic mass is 32.2. The van der Waals surface area contributed by atoms with Gasteiger partial charge in [0.2, 0.25) is 11.8 Å². The van der Waals surface area contributed by atoms with Gasteiger partial charge in [-0.05, 0) is 73.4 Å². The predicted molar refractivity (Wildman–Crippen MR) is 161 cm³/mol.